The van der Waals surface area contributed by atoms with Gasteiger partial charge < -0.3 is 4.74 Å². The highest BCUT2D eigenvalue weighted by Crippen LogP contribution is 2.45. The number of aromatic nitrogens is 3. The zero-order valence-corrected chi connectivity index (χ0v) is 14.1. The third kappa shape index (κ3) is 3.65. The largest absolute Gasteiger partial charge is 0.417 e. The Balaban J connectivity index is 2.56. The summed E-state index contributed by atoms with van der Waals surface area (Å²) in [5.41, 5.74) is -1.87. The van der Waals surface area contributed by atoms with Gasteiger partial charge in [-0.15, -0.1) is 0 Å². The molecule has 4 nitrogen and oxygen atoms in total. The lowest BCUT2D eigenvalue weighted by atomic mass is 9.88. The number of hydrogen-bond donors (Lipinski definition) is 0. The first-order valence-electron chi connectivity index (χ1n) is 6.73. The first kappa shape index (κ1) is 19.0. The van der Waals surface area contributed by atoms with Crippen LogP contribution in [0.2, 0.25) is 10.0 Å². The minimum atomic E-state index is -4.69. The van der Waals surface area contributed by atoms with E-state index in [1.165, 1.54) is 49.4 Å². The van der Waals surface area contributed by atoms with Crippen molar-refractivity contribution in [2.75, 3.05) is 0 Å². The molecule has 0 bridgehead atoms. The Morgan fingerprint density at radius 2 is 1.92 bits per heavy atom. The van der Waals surface area contributed by atoms with Crippen molar-refractivity contribution in [3.63, 3.8) is 0 Å². The van der Waals surface area contributed by atoms with Crippen LogP contribution in [-0.4, -0.2) is 27.3 Å². The fourth-order valence-electron chi connectivity index (χ4n) is 2.25. The van der Waals surface area contributed by atoms with Gasteiger partial charge in [-0.1, -0.05) is 29.3 Å². The van der Waals surface area contributed by atoms with E-state index in [-0.39, 0.29) is 15.6 Å². The Hall–Kier alpha value is -1.38. The quantitative estimate of drug-likeness (QED) is 0.661. The molecular formula is C14H13Cl2F4N3O. The van der Waals surface area contributed by atoms with Crippen LogP contribution in [0, 0.1) is 0 Å². The van der Waals surface area contributed by atoms with Crippen molar-refractivity contribution in [1.29, 1.82) is 0 Å². The highest BCUT2D eigenvalue weighted by molar-refractivity contribution is 6.35. The minimum absolute atomic E-state index is 0.00188. The first-order valence-corrected chi connectivity index (χ1v) is 7.49. The number of benzene rings is 1. The average molecular weight is 386 g/mol. The van der Waals surface area contributed by atoms with Gasteiger partial charge in [-0.3, -0.25) is 0 Å². The highest BCUT2D eigenvalue weighted by atomic mass is 35.5. The third-order valence-electron chi connectivity index (χ3n) is 3.70. The molecule has 2 aromatic rings. The number of ether oxygens (including phenoxy) is 1. The molecule has 24 heavy (non-hydrogen) atoms. The second-order valence-electron chi connectivity index (χ2n) is 5.25. The molecule has 2 unspecified atom stereocenters. The SMILES string of the molecule is CC(n1cncn1)C(C)(OC(F)(F)C(F)F)c1ccc(Cl)cc1Cl. The molecule has 0 saturated carbocycles. The van der Waals surface area contributed by atoms with Crippen molar-refractivity contribution >= 4 is 23.2 Å². The number of nitrogens with zero attached hydrogens (tertiary/aromatic N) is 3. The van der Waals surface area contributed by atoms with Crippen LogP contribution in [0.5, 0.6) is 0 Å². The zero-order chi connectivity index (χ0) is 18.1. The van der Waals surface area contributed by atoms with Crippen molar-refractivity contribution in [2.45, 2.75) is 38.0 Å². The summed E-state index contributed by atoms with van der Waals surface area (Å²) in [6, 6.07) is 3.14. The topological polar surface area (TPSA) is 39.9 Å². The van der Waals surface area contributed by atoms with Crippen molar-refractivity contribution in [2.24, 2.45) is 0 Å². The van der Waals surface area contributed by atoms with Crippen LogP contribution in [0.4, 0.5) is 17.6 Å². The Kier molecular flexibility index (Phi) is 5.41. The van der Waals surface area contributed by atoms with Crippen LogP contribution in [0.3, 0.4) is 0 Å². The maximum atomic E-state index is 13.7. The fourth-order valence-corrected chi connectivity index (χ4v) is 2.85. The van der Waals surface area contributed by atoms with Gasteiger partial charge in [0.1, 0.15) is 18.3 Å². The van der Waals surface area contributed by atoms with Gasteiger partial charge in [0.15, 0.2) is 0 Å². The van der Waals surface area contributed by atoms with E-state index in [1.807, 2.05) is 0 Å². The molecule has 0 saturated heterocycles. The van der Waals surface area contributed by atoms with Crippen LogP contribution in [0.15, 0.2) is 30.9 Å². The lowest BCUT2D eigenvalue weighted by molar-refractivity contribution is -0.350. The van der Waals surface area contributed by atoms with Gasteiger partial charge in [-0.25, -0.2) is 18.4 Å². The van der Waals surface area contributed by atoms with Crippen molar-refractivity contribution in [3.05, 3.63) is 46.5 Å². The van der Waals surface area contributed by atoms with Gasteiger partial charge in [-0.2, -0.15) is 13.9 Å². The second kappa shape index (κ2) is 6.85. The second-order valence-corrected chi connectivity index (χ2v) is 6.09. The van der Waals surface area contributed by atoms with Gasteiger partial charge >= 0.3 is 12.5 Å². The normalized spacial score (nSPS) is 16.2. The average Bonchev–Trinajstić information content (AvgIpc) is 2.99. The maximum Gasteiger partial charge on any atom is 0.417 e. The Morgan fingerprint density at radius 1 is 1.25 bits per heavy atom. The molecule has 1 heterocycles. The molecule has 0 spiro atoms. The van der Waals surface area contributed by atoms with E-state index >= 15 is 0 Å². The monoisotopic (exact) mass is 385 g/mol. The summed E-state index contributed by atoms with van der Waals surface area (Å²) in [4.78, 5) is 3.73. The van der Waals surface area contributed by atoms with E-state index < -0.39 is 24.2 Å². The van der Waals surface area contributed by atoms with Gasteiger partial charge in [-0.05, 0) is 26.0 Å². The van der Waals surface area contributed by atoms with Crippen molar-refractivity contribution in [1.82, 2.24) is 14.8 Å². The minimum Gasteiger partial charge on any atom is -0.302 e. The molecule has 10 heteroatoms. The molecule has 0 radical (unpaired) electrons. The lowest BCUT2D eigenvalue weighted by Gasteiger charge is -2.38. The molecule has 1 aromatic carbocycles. The molecule has 0 fully saturated rings. The van der Waals surface area contributed by atoms with Crippen LogP contribution in [0.25, 0.3) is 0 Å². The lowest BCUT2D eigenvalue weighted by Crippen LogP contribution is -2.44. The van der Waals surface area contributed by atoms with Crippen LogP contribution in [-0.2, 0) is 10.3 Å². The molecule has 0 aliphatic rings. The fraction of sp³-hybridized carbons (Fsp3) is 0.429. The Morgan fingerprint density at radius 3 is 2.42 bits per heavy atom. The summed E-state index contributed by atoms with van der Waals surface area (Å²) in [5.74, 6) is 0. The zero-order valence-electron chi connectivity index (χ0n) is 12.6. The van der Waals surface area contributed by atoms with Gasteiger partial charge in [0.2, 0.25) is 0 Å². The van der Waals surface area contributed by atoms with E-state index in [1.54, 1.807) is 0 Å². The van der Waals surface area contributed by atoms with Crippen LogP contribution < -0.4 is 0 Å². The van der Waals surface area contributed by atoms with Gasteiger partial charge in [0, 0.05) is 15.6 Å². The van der Waals surface area contributed by atoms with Crippen molar-refractivity contribution < 1.29 is 22.3 Å². The van der Waals surface area contributed by atoms with Crippen LogP contribution in [0.1, 0.15) is 25.5 Å². The predicted molar refractivity (Wildman–Crippen MR) is 80.6 cm³/mol. The third-order valence-corrected chi connectivity index (χ3v) is 4.25. The molecule has 0 amide bonds. The van der Waals surface area contributed by atoms with Gasteiger partial charge in [0.05, 0.1) is 6.04 Å². The summed E-state index contributed by atoms with van der Waals surface area (Å²) < 4.78 is 58.4. The summed E-state index contributed by atoms with van der Waals surface area (Å²) in [5, 5.41) is 4.12. The van der Waals surface area contributed by atoms with E-state index in [0.717, 1.165) is 0 Å². The molecule has 2 atom stereocenters. The molecule has 0 aliphatic carbocycles. The smallest absolute Gasteiger partial charge is 0.302 e. The highest BCUT2D eigenvalue weighted by Gasteiger charge is 2.52. The molecular weight excluding hydrogens is 373 g/mol. The number of hydrogen-bond acceptors (Lipinski definition) is 3. The van der Waals surface area contributed by atoms with Crippen molar-refractivity contribution in [3.8, 4) is 0 Å². The Labute approximate surface area is 145 Å². The van der Waals surface area contributed by atoms with E-state index in [9.17, 15) is 17.6 Å². The standard InChI is InChI=1S/C14H13Cl2F4N3O/c1-8(23-7-21-6-22-23)13(2,24-14(19,20)12(17)18)10-4-3-9(15)5-11(10)16/h3-8,12H,1-2H3. The number of alkyl halides is 4. The molecule has 1 aromatic heterocycles. The summed E-state index contributed by atoms with van der Waals surface area (Å²) in [6.45, 7) is 2.70. The van der Waals surface area contributed by atoms with E-state index in [0.29, 0.717) is 0 Å². The summed E-state index contributed by atoms with van der Waals surface area (Å²) in [6.07, 6.45) is -6.25. The molecule has 2 rings (SSSR count). The number of halogens is 6. The predicted octanol–water partition coefficient (Wildman–Crippen LogP) is 4.94. The number of rotatable bonds is 6. The molecule has 132 valence electrons. The van der Waals surface area contributed by atoms with Gasteiger partial charge in [0.25, 0.3) is 0 Å². The summed E-state index contributed by atoms with van der Waals surface area (Å²) in [7, 11) is 0. The van der Waals surface area contributed by atoms with E-state index in [4.69, 9.17) is 23.2 Å². The van der Waals surface area contributed by atoms with E-state index in [2.05, 4.69) is 14.8 Å². The maximum absolute atomic E-state index is 13.7. The van der Waals surface area contributed by atoms with Crippen LogP contribution >= 0.6 is 23.2 Å². The summed E-state index contributed by atoms with van der Waals surface area (Å²) >= 11 is 11.9. The molecule has 0 aliphatic heterocycles. The molecule has 0 N–H and O–H groups in total. The Bertz CT molecular complexity index is 699. The first-order chi connectivity index (χ1) is 11.1.